The highest BCUT2D eigenvalue weighted by molar-refractivity contribution is 5.61. The third-order valence-electron chi connectivity index (χ3n) is 2.39. The molecular weight excluding hydrogens is 192 g/mol. The van der Waals surface area contributed by atoms with Crippen molar-refractivity contribution < 1.29 is 4.74 Å². The molecule has 0 atom stereocenters. The zero-order valence-corrected chi connectivity index (χ0v) is 9.36. The molecule has 4 heteroatoms. The molecule has 0 fully saturated rings. The maximum Gasteiger partial charge on any atom is 0.150 e. The summed E-state index contributed by atoms with van der Waals surface area (Å²) >= 11 is 0. The van der Waals surface area contributed by atoms with Crippen molar-refractivity contribution in [3.63, 3.8) is 0 Å². The number of benzene rings is 1. The molecule has 1 aromatic rings. The lowest BCUT2D eigenvalue weighted by atomic mass is 10.2. The largest absolute Gasteiger partial charge is 0.494 e. The Bertz CT molecular complexity index is 335. The molecule has 0 spiro atoms. The minimum atomic E-state index is 0.341. The molecule has 4 nitrogen and oxygen atoms in total. The maximum atomic E-state index is 10.5. The first-order valence-corrected chi connectivity index (χ1v) is 5.03. The van der Waals surface area contributed by atoms with Crippen LogP contribution in [0.2, 0.25) is 0 Å². The summed E-state index contributed by atoms with van der Waals surface area (Å²) < 4.78 is 5.10. The second-order valence-electron chi connectivity index (χ2n) is 3.12. The highest BCUT2D eigenvalue weighted by Crippen LogP contribution is 2.31. The zero-order valence-electron chi connectivity index (χ0n) is 9.36. The van der Waals surface area contributed by atoms with Gasteiger partial charge in [-0.2, -0.15) is 0 Å². The van der Waals surface area contributed by atoms with Crippen LogP contribution in [-0.2, 0) is 0 Å². The molecule has 0 heterocycles. The number of anilines is 1. The summed E-state index contributed by atoms with van der Waals surface area (Å²) in [6.45, 7) is 6.02. The molecular formula is C11H16N2O2. The van der Waals surface area contributed by atoms with Gasteiger partial charge in [-0.3, -0.25) is 0 Å². The van der Waals surface area contributed by atoms with E-state index in [-0.39, 0.29) is 0 Å². The van der Waals surface area contributed by atoms with Gasteiger partial charge >= 0.3 is 0 Å². The summed E-state index contributed by atoms with van der Waals surface area (Å²) in [5, 5.41) is 2.90. The van der Waals surface area contributed by atoms with Crippen molar-refractivity contribution in [2.45, 2.75) is 13.8 Å². The molecule has 1 aromatic carbocycles. The fraction of sp³-hybridized carbons (Fsp3) is 0.455. The summed E-state index contributed by atoms with van der Waals surface area (Å²) in [6, 6.07) is 5.40. The number of hydrogen-bond acceptors (Lipinski definition) is 4. The van der Waals surface area contributed by atoms with E-state index in [1.165, 1.54) is 7.11 Å². The second-order valence-corrected chi connectivity index (χ2v) is 3.12. The van der Waals surface area contributed by atoms with Gasteiger partial charge in [-0.15, -0.1) is 4.91 Å². The molecule has 0 aliphatic rings. The SMILES string of the molecule is CCN(CC)c1ccc(N=O)c(OC)c1. The van der Waals surface area contributed by atoms with Crippen LogP contribution >= 0.6 is 0 Å². The molecule has 0 saturated heterocycles. The van der Waals surface area contributed by atoms with Gasteiger partial charge in [0, 0.05) is 24.8 Å². The fourth-order valence-corrected chi connectivity index (χ4v) is 1.53. The monoisotopic (exact) mass is 208 g/mol. The van der Waals surface area contributed by atoms with E-state index < -0.39 is 0 Å². The van der Waals surface area contributed by atoms with Crippen molar-refractivity contribution >= 4 is 11.4 Å². The van der Waals surface area contributed by atoms with Crippen molar-refractivity contribution in [2.24, 2.45) is 5.18 Å². The van der Waals surface area contributed by atoms with Crippen LogP contribution in [-0.4, -0.2) is 20.2 Å². The van der Waals surface area contributed by atoms with E-state index in [9.17, 15) is 4.91 Å². The molecule has 0 bridgehead atoms. The first-order chi connectivity index (χ1) is 7.26. The topological polar surface area (TPSA) is 41.9 Å². The Hall–Kier alpha value is -1.58. The molecule has 1 rings (SSSR count). The van der Waals surface area contributed by atoms with E-state index in [1.54, 1.807) is 6.07 Å². The van der Waals surface area contributed by atoms with Gasteiger partial charge in [-0.05, 0) is 31.2 Å². The van der Waals surface area contributed by atoms with Gasteiger partial charge in [0.2, 0.25) is 0 Å². The lowest BCUT2D eigenvalue weighted by Gasteiger charge is -2.21. The van der Waals surface area contributed by atoms with Crippen LogP contribution in [0.1, 0.15) is 13.8 Å². The van der Waals surface area contributed by atoms with Gasteiger partial charge in [0.25, 0.3) is 0 Å². The minimum Gasteiger partial charge on any atom is -0.494 e. The normalized spacial score (nSPS) is 9.80. The van der Waals surface area contributed by atoms with Crippen LogP contribution in [0.15, 0.2) is 23.4 Å². The van der Waals surface area contributed by atoms with Crippen LogP contribution in [0.4, 0.5) is 11.4 Å². The number of ether oxygens (including phenoxy) is 1. The van der Waals surface area contributed by atoms with Gasteiger partial charge in [0.1, 0.15) is 11.4 Å². The van der Waals surface area contributed by atoms with E-state index in [0.29, 0.717) is 11.4 Å². The van der Waals surface area contributed by atoms with Crippen molar-refractivity contribution in [3.8, 4) is 5.75 Å². The third-order valence-corrected chi connectivity index (χ3v) is 2.39. The van der Waals surface area contributed by atoms with E-state index in [1.807, 2.05) is 12.1 Å². The fourth-order valence-electron chi connectivity index (χ4n) is 1.53. The molecule has 0 aliphatic heterocycles. The lowest BCUT2D eigenvalue weighted by molar-refractivity contribution is 0.416. The van der Waals surface area contributed by atoms with Crippen molar-refractivity contribution in [1.82, 2.24) is 0 Å². The molecule has 0 saturated carbocycles. The highest BCUT2D eigenvalue weighted by atomic mass is 16.5. The minimum absolute atomic E-state index is 0.341. The third kappa shape index (κ3) is 2.46. The number of nitroso groups, excluding NO2 is 1. The predicted octanol–water partition coefficient (Wildman–Crippen LogP) is 2.94. The Morgan fingerprint density at radius 3 is 2.47 bits per heavy atom. The van der Waals surface area contributed by atoms with Crippen LogP contribution in [0.5, 0.6) is 5.75 Å². The molecule has 0 N–H and O–H groups in total. The first-order valence-electron chi connectivity index (χ1n) is 5.03. The zero-order chi connectivity index (χ0) is 11.3. The smallest absolute Gasteiger partial charge is 0.150 e. The average molecular weight is 208 g/mol. The second kappa shape index (κ2) is 5.34. The first kappa shape index (κ1) is 11.5. The van der Waals surface area contributed by atoms with Gasteiger partial charge < -0.3 is 9.64 Å². The maximum absolute atomic E-state index is 10.5. The van der Waals surface area contributed by atoms with E-state index in [0.717, 1.165) is 18.8 Å². The van der Waals surface area contributed by atoms with Crippen molar-refractivity contribution in [1.29, 1.82) is 0 Å². The quantitative estimate of drug-likeness (QED) is 0.698. The Labute approximate surface area is 89.8 Å². The Balaban J connectivity index is 3.06. The van der Waals surface area contributed by atoms with Gasteiger partial charge in [0.15, 0.2) is 0 Å². The van der Waals surface area contributed by atoms with Crippen LogP contribution < -0.4 is 9.64 Å². The number of methoxy groups -OCH3 is 1. The van der Waals surface area contributed by atoms with Crippen molar-refractivity contribution in [3.05, 3.63) is 23.1 Å². The average Bonchev–Trinajstić information content (AvgIpc) is 2.30. The standard InChI is InChI=1S/C11H16N2O2/c1-4-13(5-2)9-6-7-10(12-14)11(8-9)15-3/h6-8H,4-5H2,1-3H3. The summed E-state index contributed by atoms with van der Waals surface area (Å²) in [4.78, 5) is 12.6. The van der Waals surface area contributed by atoms with Crippen LogP contribution in [0.3, 0.4) is 0 Å². The Kier molecular flexibility index (Phi) is 4.09. The van der Waals surface area contributed by atoms with Crippen LogP contribution in [0.25, 0.3) is 0 Å². The van der Waals surface area contributed by atoms with Crippen LogP contribution in [0, 0.1) is 4.91 Å². The molecule has 82 valence electrons. The van der Waals surface area contributed by atoms with Gasteiger partial charge in [-0.1, -0.05) is 0 Å². The van der Waals surface area contributed by atoms with E-state index in [4.69, 9.17) is 4.74 Å². The summed E-state index contributed by atoms with van der Waals surface area (Å²) in [6.07, 6.45) is 0. The molecule has 0 aromatic heterocycles. The highest BCUT2D eigenvalue weighted by Gasteiger charge is 2.07. The lowest BCUT2D eigenvalue weighted by Crippen LogP contribution is -2.21. The predicted molar refractivity (Wildman–Crippen MR) is 62.0 cm³/mol. The Morgan fingerprint density at radius 2 is 2.00 bits per heavy atom. The van der Waals surface area contributed by atoms with E-state index >= 15 is 0 Å². The summed E-state index contributed by atoms with van der Waals surface area (Å²) in [5.41, 5.74) is 1.39. The van der Waals surface area contributed by atoms with Gasteiger partial charge in [0.05, 0.1) is 7.11 Å². The number of rotatable bonds is 5. The molecule has 0 amide bonds. The number of hydrogen-bond donors (Lipinski definition) is 0. The molecule has 0 unspecified atom stereocenters. The molecule has 0 radical (unpaired) electrons. The molecule has 0 aliphatic carbocycles. The Morgan fingerprint density at radius 1 is 1.33 bits per heavy atom. The van der Waals surface area contributed by atoms with Gasteiger partial charge in [-0.25, -0.2) is 0 Å². The summed E-state index contributed by atoms with van der Waals surface area (Å²) in [7, 11) is 1.54. The van der Waals surface area contributed by atoms with Crippen molar-refractivity contribution in [2.75, 3.05) is 25.1 Å². The van der Waals surface area contributed by atoms with E-state index in [2.05, 4.69) is 23.9 Å². The number of nitrogens with zero attached hydrogens (tertiary/aromatic N) is 2. The summed E-state index contributed by atoms with van der Waals surface area (Å²) in [5.74, 6) is 0.523. The molecule has 15 heavy (non-hydrogen) atoms.